The van der Waals surface area contributed by atoms with E-state index in [9.17, 15) is 0 Å². The molecule has 1 aliphatic rings. The maximum atomic E-state index is 4.13. The highest BCUT2D eigenvalue weighted by Crippen LogP contribution is 2.37. The number of nitrogens with zero attached hydrogens (tertiary/aromatic N) is 2. The number of anilines is 1. The van der Waals surface area contributed by atoms with Gasteiger partial charge in [0.1, 0.15) is 0 Å². The van der Waals surface area contributed by atoms with Crippen molar-refractivity contribution in [1.29, 1.82) is 0 Å². The molecule has 1 N–H and O–H groups in total. The minimum absolute atomic E-state index is 0.258. The second kappa shape index (κ2) is 2.69. The van der Waals surface area contributed by atoms with Gasteiger partial charge in [0.2, 0.25) is 5.95 Å². The minimum Gasteiger partial charge on any atom is -0.349 e. The SMILES string of the molecule is CC1(Nc2ncc(Br)cn2)CC1. The molecule has 1 saturated carbocycles. The second-order valence-electron chi connectivity index (χ2n) is 3.41. The van der Waals surface area contributed by atoms with Crippen LogP contribution in [0.2, 0.25) is 0 Å². The van der Waals surface area contributed by atoms with Crippen molar-refractivity contribution >= 4 is 21.9 Å². The first-order valence-corrected chi connectivity index (χ1v) is 4.73. The molecular formula is C8H10BrN3. The van der Waals surface area contributed by atoms with Crippen molar-refractivity contribution in [3.8, 4) is 0 Å². The van der Waals surface area contributed by atoms with Crippen molar-refractivity contribution in [1.82, 2.24) is 9.97 Å². The zero-order valence-electron chi connectivity index (χ0n) is 6.84. The highest BCUT2D eigenvalue weighted by atomic mass is 79.9. The summed E-state index contributed by atoms with van der Waals surface area (Å²) in [6.07, 6.45) is 5.93. The number of aromatic nitrogens is 2. The molecule has 1 aliphatic carbocycles. The van der Waals surface area contributed by atoms with E-state index < -0.39 is 0 Å². The summed E-state index contributed by atoms with van der Waals surface area (Å²) in [5, 5.41) is 3.28. The molecule has 1 heterocycles. The largest absolute Gasteiger partial charge is 0.349 e. The first-order chi connectivity index (χ1) is 5.68. The number of rotatable bonds is 2. The molecule has 1 aromatic heterocycles. The third-order valence-electron chi connectivity index (χ3n) is 2.03. The molecule has 1 fully saturated rings. The van der Waals surface area contributed by atoms with Crippen molar-refractivity contribution < 1.29 is 0 Å². The standard InChI is InChI=1S/C8H10BrN3/c1-8(2-3-8)12-7-10-4-6(9)5-11-7/h4-5H,2-3H2,1H3,(H,10,11,12). The monoisotopic (exact) mass is 227 g/mol. The van der Waals surface area contributed by atoms with Crippen LogP contribution in [-0.2, 0) is 0 Å². The third kappa shape index (κ3) is 1.75. The fraction of sp³-hybridized carbons (Fsp3) is 0.500. The number of hydrogen-bond donors (Lipinski definition) is 1. The highest BCUT2D eigenvalue weighted by Gasteiger charge is 2.37. The Morgan fingerprint density at radius 1 is 1.42 bits per heavy atom. The van der Waals surface area contributed by atoms with Crippen LogP contribution >= 0.6 is 15.9 Å². The predicted octanol–water partition coefficient (Wildman–Crippen LogP) is 2.20. The number of halogens is 1. The summed E-state index contributed by atoms with van der Waals surface area (Å²) in [6.45, 7) is 2.18. The van der Waals surface area contributed by atoms with Crippen LogP contribution < -0.4 is 5.32 Å². The molecule has 2 rings (SSSR count). The fourth-order valence-corrected chi connectivity index (χ4v) is 1.16. The van der Waals surface area contributed by atoms with Crippen molar-refractivity contribution in [2.75, 3.05) is 5.32 Å². The van der Waals surface area contributed by atoms with Crippen molar-refractivity contribution in [2.24, 2.45) is 0 Å². The molecule has 0 aliphatic heterocycles. The fourth-order valence-electron chi connectivity index (χ4n) is 0.959. The van der Waals surface area contributed by atoms with E-state index in [0.29, 0.717) is 0 Å². The molecule has 12 heavy (non-hydrogen) atoms. The Morgan fingerprint density at radius 2 is 2.00 bits per heavy atom. The lowest BCUT2D eigenvalue weighted by Gasteiger charge is -2.09. The van der Waals surface area contributed by atoms with E-state index in [1.54, 1.807) is 12.4 Å². The van der Waals surface area contributed by atoms with E-state index in [-0.39, 0.29) is 5.54 Å². The van der Waals surface area contributed by atoms with Crippen LogP contribution in [0, 0.1) is 0 Å². The van der Waals surface area contributed by atoms with E-state index in [1.165, 1.54) is 12.8 Å². The molecule has 0 amide bonds. The maximum Gasteiger partial charge on any atom is 0.223 e. The summed E-state index contributed by atoms with van der Waals surface area (Å²) < 4.78 is 0.911. The smallest absolute Gasteiger partial charge is 0.223 e. The van der Waals surface area contributed by atoms with Crippen LogP contribution in [0.15, 0.2) is 16.9 Å². The zero-order chi connectivity index (χ0) is 8.60. The molecule has 0 radical (unpaired) electrons. The lowest BCUT2D eigenvalue weighted by Crippen LogP contribution is -2.17. The second-order valence-corrected chi connectivity index (χ2v) is 4.33. The molecule has 0 bridgehead atoms. The third-order valence-corrected chi connectivity index (χ3v) is 2.44. The van der Waals surface area contributed by atoms with Gasteiger partial charge in [-0.1, -0.05) is 0 Å². The van der Waals surface area contributed by atoms with Gasteiger partial charge in [0, 0.05) is 17.9 Å². The van der Waals surface area contributed by atoms with Crippen LogP contribution in [0.25, 0.3) is 0 Å². The predicted molar refractivity (Wildman–Crippen MR) is 51.0 cm³/mol. The summed E-state index contributed by atoms with van der Waals surface area (Å²) in [7, 11) is 0. The van der Waals surface area contributed by atoms with E-state index in [2.05, 4.69) is 38.1 Å². The van der Waals surface area contributed by atoms with Crippen LogP contribution in [0.1, 0.15) is 19.8 Å². The maximum absolute atomic E-state index is 4.13. The van der Waals surface area contributed by atoms with Crippen molar-refractivity contribution in [3.05, 3.63) is 16.9 Å². The summed E-state index contributed by atoms with van der Waals surface area (Å²) in [4.78, 5) is 8.27. The molecule has 64 valence electrons. The summed E-state index contributed by atoms with van der Waals surface area (Å²) in [6, 6.07) is 0. The van der Waals surface area contributed by atoms with Gasteiger partial charge in [0.15, 0.2) is 0 Å². The Morgan fingerprint density at radius 3 is 2.50 bits per heavy atom. The molecular weight excluding hydrogens is 218 g/mol. The Labute approximate surface area is 79.7 Å². The first kappa shape index (κ1) is 7.98. The molecule has 4 heteroatoms. The molecule has 0 aromatic carbocycles. The van der Waals surface area contributed by atoms with Crippen molar-refractivity contribution in [2.45, 2.75) is 25.3 Å². The quantitative estimate of drug-likeness (QED) is 0.843. The summed E-state index contributed by atoms with van der Waals surface area (Å²) in [5.74, 6) is 0.721. The van der Waals surface area contributed by atoms with Crippen molar-refractivity contribution in [3.63, 3.8) is 0 Å². The molecule has 1 aromatic rings. The van der Waals surface area contributed by atoms with E-state index in [1.807, 2.05) is 0 Å². The van der Waals surface area contributed by atoms with E-state index in [4.69, 9.17) is 0 Å². The molecule has 0 atom stereocenters. The first-order valence-electron chi connectivity index (χ1n) is 3.94. The van der Waals surface area contributed by atoms with Crippen LogP contribution in [0.3, 0.4) is 0 Å². The Hall–Kier alpha value is -0.640. The average Bonchev–Trinajstić information content (AvgIpc) is 2.74. The van der Waals surface area contributed by atoms with Crippen LogP contribution in [0.4, 0.5) is 5.95 Å². The Balaban J connectivity index is 2.08. The molecule has 0 saturated heterocycles. The lowest BCUT2D eigenvalue weighted by atomic mass is 10.3. The lowest BCUT2D eigenvalue weighted by molar-refractivity contribution is 0.809. The summed E-state index contributed by atoms with van der Waals surface area (Å²) >= 11 is 3.29. The van der Waals surface area contributed by atoms with Gasteiger partial charge in [-0.25, -0.2) is 9.97 Å². The minimum atomic E-state index is 0.258. The average molecular weight is 228 g/mol. The highest BCUT2D eigenvalue weighted by molar-refractivity contribution is 9.10. The van der Waals surface area contributed by atoms with Gasteiger partial charge < -0.3 is 5.32 Å². The van der Waals surface area contributed by atoms with Gasteiger partial charge in [0.25, 0.3) is 0 Å². The molecule has 0 unspecified atom stereocenters. The van der Waals surface area contributed by atoms with Gasteiger partial charge in [0.05, 0.1) is 4.47 Å². The van der Waals surface area contributed by atoms with Gasteiger partial charge in [-0.3, -0.25) is 0 Å². The van der Waals surface area contributed by atoms with Crippen LogP contribution in [-0.4, -0.2) is 15.5 Å². The molecule has 0 spiro atoms. The topological polar surface area (TPSA) is 37.8 Å². The van der Waals surface area contributed by atoms with E-state index >= 15 is 0 Å². The van der Waals surface area contributed by atoms with Gasteiger partial charge in [-0.2, -0.15) is 0 Å². The van der Waals surface area contributed by atoms with Gasteiger partial charge >= 0.3 is 0 Å². The Bertz CT molecular complexity index is 279. The van der Waals surface area contributed by atoms with Crippen LogP contribution in [0.5, 0.6) is 0 Å². The number of hydrogen-bond acceptors (Lipinski definition) is 3. The van der Waals surface area contributed by atoms with E-state index in [0.717, 1.165) is 10.4 Å². The Kier molecular flexibility index (Phi) is 1.79. The zero-order valence-corrected chi connectivity index (χ0v) is 8.43. The number of nitrogens with one attached hydrogen (secondary N) is 1. The van der Waals surface area contributed by atoms with Gasteiger partial charge in [-0.15, -0.1) is 0 Å². The van der Waals surface area contributed by atoms with Gasteiger partial charge in [-0.05, 0) is 35.7 Å². The molecule has 3 nitrogen and oxygen atoms in total. The normalized spacial score (nSPS) is 18.8. The summed E-state index contributed by atoms with van der Waals surface area (Å²) in [5.41, 5.74) is 0.258.